The van der Waals surface area contributed by atoms with E-state index in [1.54, 1.807) is 24.3 Å². The van der Waals surface area contributed by atoms with Gasteiger partial charge in [-0.3, -0.25) is 14.4 Å². The lowest BCUT2D eigenvalue weighted by atomic mass is 10.1. The van der Waals surface area contributed by atoms with Crippen LogP contribution in [0.4, 0.5) is 11.4 Å². The van der Waals surface area contributed by atoms with Gasteiger partial charge in [-0.15, -0.1) is 0 Å². The minimum absolute atomic E-state index is 0.0142. The van der Waals surface area contributed by atoms with Gasteiger partial charge >= 0.3 is 0 Å². The molecule has 0 bridgehead atoms. The third-order valence-corrected chi connectivity index (χ3v) is 4.89. The monoisotopic (exact) mass is 391 g/mol. The molecule has 1 aliphatic rings. The highest BCUT2D eigenvalue weighted by atomic mass is 16.3. The number of nitrogens with zero attached hydrogens (tertiary/aromatic N) is 1. The van der Waals surface area contributed by atoms with Crippen LogP contribution in [0.1, 0.15) is 31.6 Å². The predicted molar refractivity (Wildman–Crippen MR) is 109 cm³/mol. The number of hydrogen-bond acceptors (Lipinski definition) is 4. The van der Waals surface area contributed by atoms with Crippen LogP contribution in [0.2, 0.25) is 0 Å². The van der Waals surface area contributed by atoms with E-state index in [2.05, 4.69) is 10.6 Å². The number of rotatable bonds is 5. The van der Waals surface area contributed by atoms with Crippen molar-refractivity contribution < 1.29 is 18.8 Å². The first-order valence-corrected chi connectivity index (χ1v) is 9.48. The van der Waals surface area contributed by atoms with Crippen molar-refractivity contribution in [3.63, 3.8) is 0 Å². The number of benzene rings is 2. The van der Waals surface area contributed by atoms with Gasteiger partial charge in [0.25, 0.3) is 0 Å². The van der Waals surface area contributed by atoms with E-state index in [4.69, 9.17) is 4.42 Å². The van der Waals surface area contributed by atoms with Gasteiger partial charge in [0, 0.05) is 18.2 Å². The van der Waals surface area contributed by atoms with Crippen molar-refractivity contribution >= 4 is 40.1 Å². The Bertz CT molecular complexity index is 1060. The third kappa shape index (κ3) is 3.99. The van der Waals surface area contributed by atoms with Gasteiger partial charge in [-0.25, -0.2) is 0 Å². The van der Waals surface area contributed by atoms with Crippen LogP contribution >= 0.6 is 0 Å². The molecule has 1 atom stereocenters. The van der Waals surface area contributed by atoms with E-state index in [-0.39, 0.29) is 43.1 Å². The fourth-order valence-electron chi connectivity index (χ4n) is 3.41. The van der Waals surface area contributed by atoms with Crippen LogP contribution in [0, 0.1) is 0 Å². The maximum absolute atomic E-state index is 12.6. The van der Waals surface area contributed by atoms with Crippen molar-refractivity contribution in [1.82, 2.24) is 5.32 Å². The van der Waals surface area contributed by atoms with E-state index in [9.17, 15) is 14.4 Å². The highest BCUT2D eigenvalue weighted by Crippen LogP contribution is 2.29. The Morgan fingerprint density at radius 1 is 1.14 bits per heavy atom. The van der Waals surface area contributed by atoms with E-state index in [1.165, 1.54) is 4.90 Å². The summed E-state index contributed by atoms with van der Waals surface area (Å²) in [7, 11) is 0. The molecule has 1 aliphatic heterocycles. The highest BCUT2D eigenvalue weighted by Gasteiger charge is 2.26. The van der Waals surface area contributed by atoms with Crippen LogP contribution in [0.5, 0.6) is 0 Å². The molecule has 2 aromatic carbocycles. The number of amides is 3. The highest BCUT2D eigenvalue weighted by molar-refractivity contribution is 6.10. The van der Waals surface area contributed by atoms with Gasteiger partial charge < -0.3 is 20.0 Å². The summed E-state index contributed by atoms with van der Waals surface area (Å²) in [6.45, 7) is 1.79. The summed E-state index contributed by atoms with van der Waals surface area (Å²) in [4.78, 5) is 38.2. The topological polar surface area (TPSA) is 91.7 Å². The van der Waals surface area contributed by atoms with Gasteiger partial charge in [-0.05, 0) is 31.2 Å². The molecular formula is C22H21N3O4. The molecule has 2 N–H and O–H groups in total. The molecule has 0 radical (unpaired) electrons. The summed E-state index contributed by atoms with van der Waals surface area (Å²) in [6.07, 6.45) is 0.0456. The number of hydrogen-bond donors (Lipinski definition) is 2. The molecule has 2 heterocycles. The van der Waals surface area contributed by atoms with Crippen LogP contribution in [-0.2, 0) is 14.4 Å². The van der Waals surface area contributed by atoms with Crippen molar-refractivity contribution in [2.75, 3.05) is 16.8 Å². The first-order chi connectivity index (χ1) is 14.0. The SMILES string of the molecule is CC(NC(=O)CCC(=O)N1CC(=O)Nc2ccccc21)c1cc2ccccc2o1. The first-order valence-electron chi connectivity index (χ1n) is 9.48. The molecule has 0 fully saturated rings. The Morgan fingerprint density at radius 2 is 1.90 bits per heavy atom. The molecule has 29 heavy (non-hydrogen) atoms. The number of para-hydroxylation sites is 3. The normalized spacial score (nSPS) is 14.2. The van der Waals surface area contributed by atoms with Gasteiger partial charge in [0.05, 0.1) is 17.4 Å². The maximum Gasteiger partial charge on any atom is 0.244 e. The standard InChI is InChI=1S/C22H21N3O4/c1-14(19-12-15-6-2-5-9-18(15)29-19)23-20(26)10-11-22(28)25-13-21(27)24-16-7-3-4-8-17(16)25/h2-9,12,14H,10-11,13H2,1H3,(H,23,26)(H,24,27). The molecule has 0 saturated carbocycles. The van der Waals surface area contributed by atoms with Gasteiger partial charge in [0.2, 0.25) is 17.7 Å². The maximum atomic E-state index is 12.6. The first kappa shape index (κ1) is 18.7. The number of fused-ring (bicyclic) bond motifs is 2. The van der Waals surface area contributed by atoms with Crippen LogP contribution in [0.25, 0.3) is 11.0 Å². The summed E-state index contributed by atoms with van der Waals surface area (Å²) in [5.41, 5.74) is 2.01. The molecule has 7 nitrogen and oxygen atoms in total. The summed E-state index contributed by atoms with van der Waals surface area (Å²) in [6, 6.07) is 16.3. The quantitative estimate of drug-likeness (QED) is 0.698. The van der Waals surface area contributed by atoms with Crippen molar-refractivity contribution in [1.29, 1.82) is 0 Å². The molecule has 0 spiro atoms. The number of carbonyl (C=O) groups is 3. The van der Waals surface area contributed by atoms with E-state index in [1.807, 2.05) is 37.3 Å². The summed E-state index contributed by atoms with van der Waals surface area (Å²) in [5, 5.41) is 6.58. The van der Waals surface area contributed by atoms with Gasteiger partial charge in [0.1, 0.15) is 17.9 Å². The fraction of sp³-hybridized carbons (Fsp3) is 0.227. The summed E-state index contributed by atoms with van der Waals surface area (Å²) in [5.74, 6) is -0.104. The molecule has 3 amide bonds. The zero-order valence-electron chi connectivity index (χ0n) is 16.0. The number of carbonyl (C=O) groups excluding carboxylic acids is 3. The lowest BCUT2D eigenvalue weighted by molar-refractivity contribution is -0.126. The van der Waals surface area contributed by atoms with Crippen LogP contribution in [0.3, 0.4) is 0 Å². The second-order valence-corrected chi connectivity index (χ2v) is 7.02. The minimum Gasteiger partial charge on any atom is -0.459 e. The predicted octanol–water partition coefficient (Wildman–Crippen LogP) is 3.38. The molecule has 0 saturated heterocycles. The zero-order chi connectivity index (χ0) is 20.4. The fourth-order valence-corrected chi connectivity index (χ4v) is 3.41. The average molecular weight is 391 g/mol. The van der Waals surface area contributed by atoms with Crippen LogP contribution in [0.15, 0.2) is 59.0 Å². The molecule has 3 aromatic rings. The van der Waals surface area contributed by atoms with Crippen molar-refractivity contribution in [3.8, 4) is 0 Å². The van der Waals surface area contributed by atoms with E-state index >= 15 is 0 Å². The van der Waals surface area contributed by atoms with E-state index in [0.29, 0.717) is 17.1 Å². The van der Waals surface area contributed by atoms with Gasteiger partial charge in [-0.2, -0.15) is 0 Å². The second kappa shape index (κ2) is 7.79. The smallest absolute Gasteiger partial charge is 0.244 e. The van der Waals surface area contributed by atoms with Gasteiger partial charge in [0.15, 0.2) is 0 Å². The lowest BCUT2D eigenvalue weighted by Gasteiger charge is -2.29. The Balaban J connectivity index is 1.36. The molecule has 148 valence electrons. The second-order valence-electron chi connectivity index (χ2n) is 7.02. The van der Waals surface area contributed by atoms with Crippen molar-refractivity contribution in [3.05, 3.63) is 60.4 Å². The lowest BCUT2D eigenvalue weighted by Crippen LogP contribution is -2.42. The molecular weight excluding hydrogens is 370 g/mol. The van der Waals surface area contributed by atoms with E-state index in [0.717, 1.165) is 11.0 Å². The molecule has 0 aliphatic carbocycles. The van der Waals surface area contributed by atoms with Crippen LogP contribution in [-0.4, -0.2) is 24.3 Å². The van der Waals surface area contributed by atoms with Gasteiger partial charge in [-0.1, -0.05) is 30.3 Å². The number of furan rings is 1. The minimum atomic E-state index is -0.313. The number of nitrogens with one attached hydrogen (secondary N) is 2. The molecule has 1 aromatic heterocycles. The van der Waals surface area contributed by atoms with Crippen molar-refractivity contribution in [2.45, 2.75) is 25.8 Å². The van der Waals surface area contributed by atoms with E-state index < -0.39 is 0 Å². The zero-order valence-corrected chi connectivity index (χ0v) is 16.0. The summed E-state index contributed by atoms with van der Waals surface area (Å²) < 4.78 is 5.77. The average Bonchev–Trinajstić information content (AvgIpc) is 3.16. The molecule has 4 rings (SSSR count). The Labute approximate surface area is 167 Å². The number of anilines is 2. The summed E-state index contributed by atoms with van der Waals surface area (Å²) >= 11 is 0. The Hall–Kier alpha value is -3.61. The Kier molecular flexibility index (Phi) is 5.03. The largest absolute Gasteiger partial charge is 0.459 e. The molecule has 7 heteroatoms. The van der Waals surface area contributed by atoms with Crippen LogP contribution < -0.4 is 15.5 Å². The Morgan fingerprint density at radius 3 is 2.72 bits per heavy atom. The third-order valence-electron chi connectivity index (χ3n) is 4.89. The molecule has 1 unspecified atom stereocenters. The van der Waals surface area contributed by atoms with Crippen molar-refractivity contribution in [2.24, 2.45) is 0 Å².